The van der Waals surface area contributed by atoms with Crippen molar-refractivity contribution >= 4 is 12.0 Å². The summed E-state index contributed by atoms with van der Waals surface area (Å²) in [6.45, 7) is 4.69. The van der Waals surface area contributed by atoms with Crippen LogP contribution in [0.2, 0.25) is 0 Å². The van der Waals surface area contributed by atoms with E-state index in [1.165, 1.54) is 0 Å². The van der Waals surface area contributed by atoms with E-state index in [0.717, 1.165) is 49.9 Å². The van der Waals surface area contributed by atoms with Gasteiger partial charge < -0.3 is 9.64 Å². The van der Waals surface area contributed by atoms with Crippen molar-refractivity contribution in [1.29, 1.82) is 0 Å². The fourth-order valence-electron chi connectivity index (χ4n) is 4.63. The number of amides is 2. The number of hydrogen-bond acceptors (Lipinski definition) is 4. The van der Waals surface area contributed by atoms with E-state index in [9.17, 15) is 9.59 Å². The summed E-state index contributed by atoms with van der Waals surface area (Å²) in [5.41, 5.74) is 1.76. The highest BCUT2D eigenvalue weighted by molar-refractivity contribution is 5.76. The molecule has 7 nitrogen and oxygen atoms in total. The summed E-state index contributed by atoms with van der Waals surface area (Å²) >= 11 is 0. The Morgan fingerprint density at radius 3 is 2.70 bits per heavy atom. The molecule has 0 radical (unpaired) electrons. The third-order valence-electron chi connectivity index (χ3n) is 6.42. The van der Waals surface area contributed by atoms with Crippen LogP contribution in [0.1, 0.15) is 43.7 Å². The van der Waals surface area contributed by atoms with Gasteiger partial charge in [-0.1, -0.05) is 30.3 Å². The average molecular weight is 411 g/mol. The van der Waals surface area contributed by atoms with Gasteiger partial charge in [-0.25, -0.2) is 4.79 Å². The smallest absolute Gasteiger partial charge is 0.410 e. The SMILES string of the molecule is C[C@@]1(C2CCN(C(=O)CCCc3cn[nH]c3)CC2)CN(Cc2ccccc2)C(=O)O1. The van der Waals surface area contributed by atoms with E-state index in [-0.39, 0.29) is 17.9 Å². The Morgan fingerprint density at radius 2 is 2.00 bits per heavy atom. The lowest BCUT2D eigenvalue weighted by Gasteiger charge is -2.39. The molecule has 1 atom stereocenters. The van der Waals surface area contributed by atoms with Crippen molar-refractivity contribution < 1.29 is 14.3 Å². The molecule has 2 saturated heterocycles. The highest BCUT2D eigenvalue weighted by Gasteiger charge is 2.47. The van der Waals surface area contributed by atoms with Crippen molar-refractivity contribution in [3.8, 4) is 0 Å². The lowest BCUT2D eigenvalue weighted by atomic mass is 9.81. The number of hydrogen-bond donors (Lipinski definition) is 1. The van der Waals surface area contributed by atoms with Crippen LogP contribution in [0, 0.1) is 5.92 Å². The number of carbonyl (C=O) groups is 2. The van der Waals surface area contributed by atoms with Gasteiger partial charge in [0, 0.05) is 38.2 Å². The second-order valence-electron chi connectivity index (χ2n) is 8.64. The Hall–Kier alpha value is -2.83. The van der Waals surface area contributed by atoms with E-state index in [4.69, 9.17) is 4.74 Å². The summed E-state index contributed by atoms with van der Waals surface area (Å²) in [5, 5.41) is 6.74. The molecular formula is C23H30N4O3. The first-order chi connectivity index (χ1) is 14.5. The molecule has 2 amide bonds. The molecule has 0 spiro atoms. The maximum atomic E-state index is 12.6. The van der Waals surface area contributed by atoms with Gasteiger partial charge in [0.25, 0.3) is 0 Å². The van der Waals surface area contributed by atoms with E-state index < -0.39 is 5.60 Å². The average Bonchev–Trinajstić information content (AvgIpc) is 3.37. The Bertz CT molecular complexity index is 847. The van der Waals surface area contributed by atoms with Gasteiger partial charge in [-0.3, -0.25) is 14.8 Å². The predicted octanol–water partition coefficient (Wildman–Crippen LogP) is 3.38. The minimum absolute atomic E-state index is 0.219. The number of nitrogens with zero attached hydrogens (tertiary/aromatic N) is 3. The van der Waals surface area contributed by atoms with Crippen LogP contribution in [-0.4, -0.2) is 57.2 Å². The van der Waals surface area contributed by atoms with E-state index in [1.807, 2.05) is 48.4 Å². The van der Waals surface area contributed by atoms with Gasteiger partial charge in [0.2, 0.25) is 5.91 Å². The minimum atomic E-state index is -0.484. The summed E-state index contributed by atoms with van der Waals surface area (Å²) < 4.78 is 5.85. The van der Waals surface area contributed by atoms with Gasteiger partial charge >= 0.3 is 6.09 Å². The first kappa shape index (κ1) is 20.4. The monoisotopic (exact) mass is 410 g/mol. The minimum Gasteiger partial charge on any atom is -0.441 e. The number of carbonyl (C=O) groups excluding carboxylic acids is 2. The molecule has 0 unspecified atom stereocenters. The standard InChI is InChI=1S/C23H30N4O3/c1-23(17-27(22(29)30-23)16-18-6-3-2-4-7-18)20-10-12-26(13-11-20)21(28)9-5-8-19-14-24-25-15-19/h2-4,6-7,14-15,20H,5,8-13,16-17H2,1H3,(H,24,25)/t23-/m0/s1. The maximum Gasteiger partial charge on any atom is 0.410 e. The number of piperidine rings is 1. The third kappa shape index (κ3) is 4.66. The van der Waals surface area contributed by atoms with Crippen LogP contribution >= 0.6 is 0 Å². The van der Waals surface area contributed by atoms with Gasteiger partial charge in [-0.2, -0.15) is 5.10 Å². The zero-order chi connectivity index (χ0) is 21.0. The van der Waals surface area contributed by atoms with Crippen molar-refractivity contribution in [2.24, 2.45) is 5.92 Å². The van der Waals surface area contributed by atoms with Crippen LogP contribution < -0.4 is 0 Å². The molecular weight excluding hydrogens is 380 g/mol. The van der Waals surface area contributed by atoms with Crippen LogP contribution in [0.25, 0.3) is 0 Å². The molecule has 1 aromatic heterocycles. The summed E-state index contributed by atoms with van der Waals surface area (Å²) in [7, 11) is 0. The Kier molecular flexibility index (Phi) is 6.06. The van der Waals surface area contributed by atoms with Gasteiger partial charge in [-0.15, -0.1) is 0 Å². The van der Waals surface area contributed by atoms with Crippen molar-refractivity contribution in [1.82, 2.24) is 20.0 Å². The second-order valence-corrected chi connectivity index (χ2v) is 8.64. The molecule has 0 aliphatic carbocycles. The molecule has 0 bridgehead atoms. The number of cyclic esters (lactones) is 1. The molecule has 2 aromatic rings. The molecule has 7 heteroatoms. The van der Waals surface area contributed by atoms with Crippen LogP contribution in [0.15, 0.2) is 42.7 Å². The molecule has 30 heavy (non-hydrogen) atoms. The lowest BCUT2D eigenvalue weighted by molar-refractivity contribution is -0.133. The van der Waals surface area contributed by atoms with Crippen molar-refractivity contribution in [3.63, 3.8) is 0 Å². The number of likely N-dealkylation sites (tertiary alicyclic amines) is 1. The first-order valence-corrected chi connectivity index (χ1v) is 10.8. The fraction of sp³-hybridized carbons (Fsp3) is 0.522. The first-order valence-electron chi connectivity index (χ1n) is 10.8. The summed E-state index contributed by atoms with van der Waals surface area (Å²) in [5.74, 6) is 0.494. The second kappa shape index (κ2) is 8.90. The molecule has 2 aliphatic heterocycles. The number of aryl methyl sites for hydroxylation is 1. The topological polar surface area (TPSA) is 78.5 Å². The molecule has 2 aliphatic rings. The fourth-order valence-corrected chi connectivity index (χ4v) is 4.63. The van der Waals surface area contributed by atoms with Crippen LogP contribution in [-0.2, 0) is 22.5 Å². The van der Waals surface area contributed by atoms with Crippen LogP contribution in [0.4, 0.5) is 4.79 Å². The number of benzene rings is 1. The lowest BCUT2D eigenvalue weighted by Crippen LogP contribution is -2.47. The summed E-state index contributed by atoms with van der Waals surface area (Å²) in [4.78, 5) is 28.8. The normalized spacial score (nSPS) is 22.4. The molecule has 160 valence electrons. The Morgan fingerprint density at radius 1 is 1.23 bits per heavy atom. The van der Waals surface area contributed by atoms with E-state index in [1.54, 1.807) is 11.1 Å². The summed E-state index contributed by atoms with van der Waals surface area (Å²) in [6, 6.07) is 10.00. The number of ether oxygens (including phenoxy) is 1. The van der Waals surface area contributed by atoms with E-state index in [2.05, 4.69) is 10.2 Å². The summed E-state index contributed by atoms with van der Waals surface area (Å²) in [6.07, 6.45) is 7.45. The molecule has 3 heterocycles. The van der Waals surface area contributed by atoms with Gasteiger partial charge in [0.15, 0.2) is 0 Å². The molecule has 4 rings (SSSR count). The number of rotatable bonds is 7. The Labute approximate surface area is 177 Å². The van der Waals surface area contributed by atoms with Gasteiger partial charge in [0.05, 0.1) is 12.7 Å². The predicted molar refractivity (Wildman–Crippen MR) is 113 cm³/mol. The molecule has 2 fully saturated rings. The molecule has 1 N–H and O–H groups in total. The quantitative estimate of drug-likeness (QED) is 0.759. The maximum absolute atomic E-state index is 12.6. The van der Waals surface area contributed by atoms with E-state index >= 15 is 0 Å². The zero-order valence-corrected chi connectivity index (χ0v) is 17.5. The van der Waals surface area contributed by atoms with Crippen LogP contribution in [0.5, 0.6) is 0 Å². The van der Waals surface area contributed by atoms with E-state index in [0.29, 0.717) is 19.5 Å². The number of nitrogens with one attached hydrogen (secondary N) is 1. The number of aromatic amines is 1. The largest absolute Gasteiger partial charge is 0.441 e. The molecule has 0 saturated carbocycles. The molecule has 1 aromatic carbocycles. The van der Waals surface area contributed by atoms with Crippen LogP contribution in [0.3, 0.4) is 0 Å². The highest BCUT2D eigenvalue weighted by Crippen LogP contribution is 2.37. The van der Waals surface area contributed by atoms with Crippen molar-refractivity contribution in [2.75, 3.05) is 19.6 Å². The zero-order valence-electron chi connectivity index (χ0n) is 17.5. The third-order valence-corrected chi connectivity index (χ3v) is 6.42. The highest BCUT2D eigenvalue weighted by atomic mass is 16.6. The van der Waals surface area contributed by atoms with Crippen molar-refractivity contribution in [2.45, 2.75) is 51.2 Å². The van der Waals surface area contributed by atoms with Gasteiger partial charge in [-0.05, 0) is 43.7 Å². The Balaban J connectivity index is 1.25. The van der Waals surface area contributed by atoms with Gasteiger partial charge in [0.1, 0.15) is 5.60 Å². The van der Waals surface area contributed by atoms with Crippen molar-refractivity contribution in [3.05, 3.63) is 53.9 Å². The number of aromatic nitrogens is 2. The number of H-pyrrole nitrogens is 1.